The average Bonchev–Trinajstić information content (AvgIpc) is 2.73. The van der Waals surface area contributed by atoms with Gasteiger partial charge in [0.15, 0.2) is 0 Å². The van der Waals surface area contributed by atoms with Crippen LogP contribution in [-0.4, -0.2) is 37.1 Å². The molecule has 28 heavy (non-hydrogen) atoms. The highest BCUT2D eigenvalue weighted by Crippen LogP contribution is 2.31. The number of methoxy groups -OCH3 is 1. The van der Waals surface area contributed by atoms with Crippen molar-refractivity contribution in [3.63, 3.8) is 0 Å². The summed E-state index contributed by atoms with van der Waals surface area (Å²) in [4.78, 5) is 28.5. The molecule has 0 aliphatic rings. The Bertz CT molecular complexity index is 986. The van der Waals surface area contributed by atoms with Crippen LogP contribution in [0.1, 0.15) is 23.8 Å². The third-order valence-electron chi connectivity index (χ3n) is 4.25. The van der Waals surface area contributed by atoms with Crippen LogP contribution in [0.25, 0.3) is 22.0 Å². The van der Waals surface area contributed by atoms with Crippen molar-refractivity contribution in [1.29, 1.82) is 0 Å². The lowest BCUT2D eigenvalue weighted by Gasteiger charge is -2.11. The number of amides is 1. The molecule has 0 atom stereocenters. The highest BCUT2D eigenvalue weighted by Gasteiger charge is 2.14. The van der Waals surface area contributed by atoms with Gasteiger partial charge in [0.1, 0.15) is 11.4 Å². The third-order valence-corrected chi connectivity index (χ3v) is 4.25. The summed E-state index contributed by atoms with van der Waals surface area (Å²) in [6.07, 6.45) is 0.121. The van der Waals surface area contributed by atoms with Crippen LogP contribution in [0.2, 0.25) is 0 Å². The molecule has 1 amide bonds. The van der Waals surface area contributed by atoms with Crippen molar-refractivity contribution in [2.24, 2.45) is 0 Å². The largest absolute Gasteiger partial charge is 0.497 e. The van der Waals surface area contributed by atoms with E-state index in [9.17, 15) is 9.59 Å². The maximum absolute atomic E-state index is 12.6. The molecule has 0 aliphatic heterocycles. The number of fused-ring (bicyclic) bond motifs is 1. The molecule has 2 aromatic carbocycles. The minimum atomic E-state index is -0.341. The molecule has 0 bridgehead atoms. The summed E-state index contributed by atoms with van der Waals surface area (Å²) in [5, 5.41) is 3.62. The molecule has 3 rings (SSSR count). The van der Waals surface area contributed by atoms with E-state index in [1.54, 1.807) is 20.1 Å². The molecule has 0 fully saturated rings. The van der Waals surface area contributed by atoms with E-state index in [2.05, 4.69) is 10.3 Å². The van der Waals surface area contributed by atoms with Crippen LogP contribution >= 0.6 is 0 Å². The van der Waals surface area contributed by atoms with Gasteiger partial charge in [-0.1, -0.05) is 30.3 Å². The summed E-state index contributed by atoms with van der Waals surface area (Å²) in [7, 11) is 1.61. The summed E-state index contributed by atoms with van der Waals surface area (Å²) in [6.45, 7) is 2.26. The zero-order valence-electron chi connectivity index (χ0n) is 15.9. The Morgan fingerprint density at radius 1 is 1.07 bits per heavy atom. The summed E-state index contributed by atoms with van der Waals surface area (Å²) in [5.41, 5.74) is 2.85. The smallest absolute Gasteiger partial charge is 0.307 e. The molecule has 1 N–H and O–H groups in total. The monoisotopic (exact) mass is 378 g/mol. The molecule has 1 aromatic heterocycles. The SMILES string of the molecule is CCOC(=O)CCNC(=O)c1cc(-c2ccccc2)c2cc(OC)ccc2n1. The van der Waals surface area contributed by atoms with Crippen LogP contribution in [0.3, 0.4) is 0 Å². The van der Waals surface area contributed by atoms with Crippen LogP contribution in [0.4, 0.5) is 0 Å². The number of rotatable bonds is 7. The van der Waals surface area contributed by atoms with Gasteiger partial charge in [0.05, 0.1) is 25.7 Å². The summed E-state index contributed by atoms with van der Waals surface area (Å²) >= 11 is 0. The lowest BCUT2D eigenvalue weighted by Crippen LogP contribution is -2.27. The molecule has 0 unspecified atom stereocenters. The maximum Gasteiger partial charge on any atom is 0.307 e. The molecule has 0 spiro atoms. The zero-order chi connectivity index (χ0) is 19.9. The molecule has 0 saturated carbocycles. The quantitative estimate of drug-likeness (QED) is 0.636. The van der Waals surface area contributed by atoms with Gasteiger partial charge in [-0.15, -0.1) is 0 Å². The minimum Gasteiger partial charge on any atom is -0.497 e. The highest BCUT2D eigenvalue weighted by molar-refractivity contribution is 6.01. The van der Waals surface area contributed by atoms with Crippen LogP contribution in [0.5, 0.6) is 5.75 Å². The lowest BCUT2D eigenvalue weighted by molar-refractivity contribution is -0.142. The number of aromatic nitrogens is 1. The van der Waals surface area contributed by atoms with Gasteiger partial charge in [0.25, 0.3) is 5.91 Å². The number of pyridine rings is 1. The number of esters is 1. The van der Waals surface area contributed by atoms with Crippen molar-refractivity contribution in [3.05, 3.63) is 60.3 Å². The number of hydrogen-bond acceptors (Lipinski definition) is 5. The van der Waals surface area contributed by atoms with Gasteiger partial charge in [-0.25, -0.2) is 4.98 Å². The number of hydrogen-bond donors (Lipinski definition) is 1. The van der Waals surface area contributed by atoms with E-state index in [0.29, 0.717) is 17.8 Å². The van der Waals surface area contributed by atoms with Crippen LogP contribution in [-0.2, 0) is 9.53 Å². The summed E-state index contributed by atoms with van der Waals surface area (Å²) in [6, 6.07) is 17.1. The van der Waals surface area contributed by atoms with Crippen LogP contribution in [0, 0.1) is 0 Å². The first kappa shape index (κ1) is 19.4. The first-order valence-electron chi connectivity index (χ1n) is 9.10. The maximum atomic E-state index is 12.6. The molecular weight excluding hydrogens is 356 g/mol. The normalized spacial score (nSPS) is 10.5. The minimum absolute atomic E-state index is 0.121. The van der Waals surface area contributed by atoms with E-state index in [4.69, 9.17) is 9.47 Å². The Hall–Kier alpha value is -3.41. The standard InChI is InChI=1S/C22H22N2O4/c1-3-28-21(25)11-12-23-22(26)20-14-17(15-7-5-4-6-8-15)18-13-16(27-2)9-10-19(18)24-20/h4-10,13-14H,3,11-12H2,1-2H3,(H,23,26). The van der Waals surface area contributed by atoms with Crippen molar-refractivity contribution in [1.82, 2.24) is 10.3 Å². The number of carbonyl (C=O) groups excluding carboxylic acids is 2. The second-order valence-electron chi connectivity index (χ2n) is 6.12. The summed E-state index contributed by atoms with van der Waals surface area (Å²) in [5.74, 6) is 0.0451. The number of carbonyl (C=O) groups is 2. The van der Waals surface area contributed by atoms with Crippen molar-refractivity contribution in [2.45, 2.75) is 13.3 Å². The Labute approximate surface area is 163 Å². The highest BCUT2D eigenvalue weighted by atomic mass is 16.5. The molecule has 6 nitrogen and oxygen atoms in total. The van der Waals surface area contributed by atoms with Gasteiger partial charge in [-0.05, 0) is 42.3 Å². The van der Waals surface area contributed by atoms with E-state index in [0.717, 1.165) is 22.3 Å². The molecule has 144 valence electrons. The molecule has 0 aliphatic carbocycles. The van der Waals surface area contributed by atoms with Crippen molar-refractivity contribution < 1.29 is 19.1 Å². The zero-order valence-corrected chi connectivity index (χ0v) is 15.9. The fourth-order valence-corrected chi connectivity index (χ4v) is 2.91. The van der Waals surface area contributed by atoms with Crippen LogP contribution < -0.4 is 10.1 Å². The molecule has 1 heterocycles. The number of nitrogens with one attached hydrogen (secondary N) is 1. The van der Waals surface area contributed by atoms with Gasteiger partial charge in [-0.3, -0.25) is 9.59 Å². The fourth-order valence-electron chi connectivity index (χ4n) is 2.91. The van der Waals surface area contributed by atoms with Gasteiger partial charge < -0.3 is 14.8 Å². The first-order chi connectivity index (χ1) is 13.6. The molecular formula is C22H22N2O4. The van der Waals surface area contributed by atoms with Crippen molar-refractivity contribution in [2.75, 3.05) is 20.3 Å². The second kappa shape index (κ2) is 8.99. The first-order valence-corrected chi connectivity index (χ1v) is 9.10. The number of nitrogens with zero attached hydrogens (tertiary/aromatic N) is 1. The van der Waals surface area contributed by atoms with Crippen molar-refractivity contribution in [3.8, 4) is 16.9 Å². The van der Waals surface area contributed by atoms with Gasteiger partial charge in [0.2, 0.25) is 0 Å². The topological polar surface area (TPSA) is 77.5 Å². The Kier molecular flexibility index (Phi) is 6.22. The Morgan fingerprint density at radius 3 is 2.57 bits per heavy atom. The molecule has 3 aromatic rings. The van der Waals surface area contributed by atoms with E-state index < -0.39 is 0 Å². The summed E-state index contributed by atoms with van der Waals surface area (Å²) < 4.78 is 10.2. The average molecular weight is 378 g/mol. The predicted octanol–water partition coefficient (Wildman–Crippen LogP) is 3.59. The van der Waals surface area contributed by atoms with E-state index in [1.165, 1.54) is 0 Å². The van der Waals surface area contributed by atoms with Crippen LogP contribution in [0.15, 0.2) is 54.6 Å². The fraction of sp³-hybridized carbons (Fsp3) is 0.227. The number of ether oxygens (including phenoxy) is 2. The predicted molar refractivity (Wildman–Crippen MR) is 107 cm³/mol. The molecule has 6 heteroatoms. The third kappa shape index (κ3) is 4.46. The van der Waals surface area contributed by atoms with E-state index in [-0.39, 0.29) is 24.8 Å². The van der Waals surface area contributed by atoms with Crippen molar-refractivity contribution >= 4 is 22.8 Å². The van der Waals surface area contributed by atoms with Gasteiger partial charge >= 0.3 is 5.97 Å². The second-order valence-corrected chi connectivity index (χ2v) is 6.12. The van der Waals surface area contributed by atoms with E-state index >= 15 is 0 Å². The lowest BCUT2D eigenvalue weighted by atomic mass is 9.99. The molecule has 0 radical (unpaired) electrons. The van der Waals surface area contributed by atoms with Gasteiger partial charge in [0, 0.05) is 11.9 Å². The molecule has 0 saturated heterocycles. The Balaban J connectivity index is 1.93. The van der Waals surface area contributed by atoms with Gasteiger partial charge in [-0.2, -0.15) is 0 Å². The Morgan fingerprint density at radius 2 is 1.86 bits per heavy atom. The number of benzene rings is 2. The van der Waals surface area contributed by atoms with E-state index in [1.807, 2.05) is 48.5 Å².